The van der Waals surface area contributed by atoms with Crippen molar-refractivity contribution >= 4 is 10.8 Å². The lowest BCUT2D eigenvalue weighted by atomic mass is 9.43. The number of hydrogen-bond acceptors (Lipinski definition) is 2. The van der Waals surface area contributed by atoms with E-state index in [4.69, 9.17) is 9.97 Å². The van der Waals surface area contributed by atoms with E-state index in [1.807, 2.05) is 6.07 Å². The van der Waals surface area contributed by atoms with Crippen LogP contribution in [0, 0.1) is 23.7 Å². The quantitative estimate of drug-likeness (QED) is 0.177. The highest BCUT2D eigenvalue weighted by Crippen LogP contribution is 2.70. The molecule has 1 spiro atoms. The van der Waals surface area contributed by atoms with Gasteiger partial charge in [-0.05, 0) is 135 Å². The molecule has 0 aliphatic heterocycles. The first-order valence-corrected chi connectivity index (χ1v) is 20.6. The Hall–Kier alpha value is -6.12. The second kappa shape index (κ2) is 12.4. The summed E-state index contributed by atoms with van der Waals surface area (Å²) in [5.74, 6) is 4.01. The molecule has 5 aliphatic rings. The van der Waals surface area contributed by atoms with Gasteiger partial charge in [-0.3, -0.25) is 0 Å². The van der Waals surface area contributed by atoms with Crippen LogP contribution in [0.1, 0.15) is 43.2 Å². The van der Waals surface area contributed by atoms with Crippen LogP contribution < -0.4 is 0 Å². The molecule has 4 bridgehead atoms. The molecule has 1 heterocycles. The van der Waals surface area contributed by atoms with E-state index in [9.17, 15) is 0 Å². The SMILES string of the molecule is c1ccc(-c2cc(-c3ccccc3-c3cccc(-c4cccc5c4-c4cc6ccccc6cc4C54C5CC6CC(C5)CC4C6)c3)nc(-c3ccccc3)n2)cc1. The lowest BCUT2D eigenvalue weighted by Gasteiger charge is -2.61. The number of hydrogen-bond donors (Lipinski definition) is 0. The van der Waals surface area contributed by atoms with Crippen LogP contribution in [-0.4, -0.2) is 9.97 Å². The lowest BCUT2D eigenvalue weighted by molar-refractivity contribution is -0.0398. The second-order valence-electron chi connectivity index (χ2n) is 17.0. The highest BCUT2D eigenvalue weighted by molar-refractivity contribution is 5.99. The Balaban J connectivity index is 1.03. The van der Waals surface area contributed by atoms with Crippen LogP contribution in [-0.2, 0) is 5.41 Å². The van der Waals surface area contributed by atoms with E-state index in [2.05, 4.69) is 164 Å². The summed E-state index contributed by atoms with van der Waals surface area (Å²) in [5.41, 5.74) is 16.3. The molecular weight excluding hydrogens is 677 g/mol. The summed E-state index contributed by atoms with van der Waals surface area (Å²) in [6, 6.07) is 62.4. The molecule has 268 valence electrons. The van der Waals surface area contributed by atoms with Crippen LogP contribution in [0.2, 0.25) is 0 Å². The van der Waals surface area contributed by atoms with E-state index < -0.39 is 0 Å². The molecule has 5 aliphatic carbocycles. The first kappa shape index (κ1) is 32.2. The summed E-state index contributed by atoms with van der Waals surface area (Å²) in [7, 11) is 0. The fraction of sp³-hybridized carbons (Fsp3) is 0.185. The molecule has 13 rings (SSSR count). The Labute approximate surface area is 329 Å². The molecule has 7 aromatic carbocycles. The number of nitrogens with zero attached hydrogens (tertiary/aromatic N) is 2. The number of aromatic nitrogens is 2. The Bertz CT molecular complexity index is 2730. The zero-order valence-electron chi connectivity index (χ0n) is 31.4. The summed E-state index contributed by atoms with van der Waals surface area (Å²) in [5, 5.41) is 2.72. The van der Waals surface area contributed by atoms with Gasteiger partial charge >= 0.3 is 0 Å². The van der Waals surface area contributed by atoms with Gasteiger partial charge in [0.2, 0.25) is 0 Å². The molecular formula is C54H42N2. The van der Waals surface area contributed by atoms with Gasteiger partial charge in [0.15, 0.2) is 5.82 Å². The fourth-order valence-corrected chi connectivity index (χ4v) is 12.0. The highest BCUT2D eigenvalue weighted by Gasteiger charge is 2.61. The van der Waals surface area contributed by atoms with Crippen molar-refractivity contribution in [1.82, 2.24) is 9.97 Å². The van der Waals surface area contributed by atoms with E-state index in [1.165, 1.54) is 76.3 Å². The van der Waals surface area contributed by atoms with Crippen LogP contribution in [0.4, 0.5) is 0 Å². The van der Waals surface area contributed by atoms with Gasteiger partial charge < -0.3 is 0 Å². The molecule has 4 fully saturated rings. The molecule has 2 heteroatoms. The Morgan fingerprint density at radius 2 is 0.929 bits per heavy atom. The van der Waals surface area contributed by atoms with E-state index in [0.717, 1.165) is 57.6 Å². The van der Waals surface area contributed by atoms with Crippen molar-refractivity contribution in [2.24, 2.45) is 23.7 Å². The summed E-state index contributed by atoms with van der Waals surface area (Å²) >= 11 is 0. The number of fused-ring (bicyclic) bond motifs is 4. The predicted octanol–water partition coefficient (Wildman–Crippen LogP) is 13.7. The summed E-state index contributed by atoms with van der Waals surface area (Å²) in [4.78, 5) is 10.3. The molecule has 56 heavy (non-hydrogen) atoms. The van der Waals surface area contributed by atoms with E-state index in [1.54, 1.807) is 11.1 Å². The zero-order chi connectivity index (χ0) is 36.8. The molecule has 0 unspecified atom stereocenters. The smallest absolute Gasteiger partial charge is 0.160 e. The van der Waals surface area contributed by atoms with Gasteiger partial charge in [-0.1, -0.05) is 146 Å². The average Bonchev–Trinajstić information content (AvgIpc) is 3.54. The van der Waals surface area contributed by atoms with E-state index in [0.29, 0.717) is 0 Å². The lowest BCUT2D eigenvalue weighted by Crippen LogP contribution is -2.55. The van der Waals surface area contributed by atoms with Gasteiger partial charge in [0.1, 0.15) is 0 Å². The van der Waals surface area contributed by atoms with Gasteiger partial charge in [0, 0.05) is 22.1 Å². The first-order chi connectivity index (χ1) is 27.7. The second-order valence-corrected chi connectivity index (χ2v) is 17.0. The van der Waals surface area contributed by atoms with E-state index >= 15 is 0 Å². The van der Waals surface area contributed by atoms with Crippen molar-refractivity contribution in [2.75, 3.05) is 0 Å². The van der Waals surface area contributed by atoms with Crippen LogP contribution in [0.25, 0.3) is 78.1 Å². The molecule has 1 aromatic heterocycles. The maximum absolute atomic E-state index is 5.24. The maximum Gasteiger partial charge on any atom is 0.160 e. The third-order valence-electron chi connectivity index (χ3n) is 14.1. The molecule has 2 nitrogen and oxygen atoms in total. The Morgan fingerprint density at radius 3 is 1.66 bits per heavy atom. The first-order valence-electron chi connectivity index (χ1n) is 20.6. The van der Waals surface area contributed by atoms with Gasteiger partial charge in [-0.2, -0.15) is 0 Å². The van der Waals surface area contributed by atoms with Gasteiger partial charge in [-0.25, -0.2) is 9.97 Å². The Kier molecular flexibility index (Phi) is 7.15. The molecule has 0 N–H and O–H groups in total. The molecule has 0 amide bonds. The zero-order valence-corrected chi connectivity index (χ0v) is 31.4. The summed E-state index contributed by atoms with van der Waals surface area (Å²) in [6.45, 7) is 0. The minimum Gasteiger partial charge on any atom is -0.228 e. The standard InChI is InChI=1S/C54H42N2/c1-3-13-36(14-4-1)50-33-51(56-53(55-50)37-15-5-2-6-16-37)46-22-10-9-21-44(46)40-19-11-20-41(30-40)45-23-12-24-48-52(45)47-31-38-17-7-8-18-39(38)32-49(47)54(48)42-26-34-25-35(28-42)29-43(54)27-34/h1-24,30-35,42-43H,25-29H2. The van der Waals surface area contributed by atoms with Crippen LogP contribution in [0.15, 0.2) is 170 Å². The fourth-order valence-electron chi connectivity index (χ4n) is 12.0. The maximum atomic E-state index is 5.24. The third-order valence-corrected chi connectivity index (χ3v) is 14.1. The van der Waals surface area contributed by atoms with Crippen LogP contribution in [0.3, 0.4) is 0 Å². The molecule has 0 radical (unpaired) electrons. The minimum absolute atomic E-state index is 0.113. The molecule has 4 saturated carbocycles. The highest BCUT2D eigenvalue weighted by atomic mass is 14.9. The van der Waals surface area contributed by atoms with Gasteiger partial charge in [-0.15, -0.1) is 0 Å². The molecule has 0 atom stereocenters. The largest absolute Gasteiger partial charge is 0.228 e. The van der Waals surface area contributed by atoms with Crippen LogP contribution >= 0.6 is 0 Å². The Morgan fingerprint density at radius 1 is 0.375 bits per heavy atom. The van der Waals surface area contributed by atoms with Crippen molar-refractivity contribution in [2.45, 2.75) is 37.5 Å². The molecule has 8 aromatic rings. The number of rotatable bonds is 5. The van der Waals surface area contributed by atoms with Crippen molar-refractivity contribution in [3.05, 3.63) is 181 Å². The van der Waals surface area contributed by atoms with E-state index in [-0.39, 0.29) is 5.41 Å². The van der Waals surface area contributed by atoms with Crippen molar-refractivity contribution in [3.8, 4) is 67.3 Å². The van der Waals surface area contributed by atoms with Crippen LogP contribution in [0.5, 0.6) is 0 Å². The third kappa shape index (κ3) is 4.81. The normalized spacial score (nSPS) is 22.7. The van der Waals surface area contributed by atoms with Gasteiger partial charge in [0.25, 0.3) is 0 Å². The summed E-state index contributed by atoms with van der Waals surface area (Å²) in [6.07, 6.45) is 7.00. The monoisotopic (exact) mass is 718 g/mol. The van der Waals surface area contributed by atoms with Crippen molar-refractivity contribution in [1.29, 1.82) is 0 Å². The van der Waals surface area contributed by atoms with Gasteiger partial charge in [0.05, 0.1) is 11.4 Å². The molecule has 0 saturated heterocycles. The predicted molar refractivity (Wildman–Crippen MR) is 230 cm³/mol. The topological polar surface area (TPSA) is 25.8 Å². The van der Waals surface area contributed by atoms with Crippen molar-refractivity contribution < 1.29 is 0 Å². The number of benzene rings is 7. The minimum atomic E-state index is 0.113. The summed E-state index contributed by atoms with van der Waals surface area (Å²) < 4.78 is 0. The van der Waals surface area contributed by atoms with Crippen molar-refractivity contribution in [3.63, 3.8) is 0 Å². The average molecular weight is 719 g/mol.